The number of hydrogen-bond acceptors (Lipinski definition) is 3. The first-order valence-corrected chi connectivity index (χ1v) is 8.75. The molecule has 2 amide bonds. The standard InChI is InChI=1S/C20H32N2O3/c1-19(2,3)15-9-7-14(8-10-15)16(23)13-22-17(24)11-12-21-18(25)20(4,5)6/h7-10,16,23H,11-13H2,1-6H3,(H,21,25)(H,22,24). The Morgan fingerprint density at radius 3 is 2.04 bits per heavy atom. The highest BCUT2D eigenvalue weighted by Crippen LogP contribution is 2.23. The van der Waals surface area contributed by atoms with Gasteiger partial charge in [0.1, 0.15) is 0 Å². The zero-order chi connectivity index (χ0) is 19.3. The van der Waals surface area contributed by atoms with E-state index in [-0.39, 0.29) is 36.7 Å². The molecule has 1 atom stereocenters. The molecule has 5 heteroatoms. The van der Waals surface area contributed by atoms with Crippen LogP contribution in [0.3, 0.4) is 0 Å². The van der Waals surface area contributed by atoms with E-state index in [1.807, 2.05) is 45.0 Å². The monoisotopic (exact) mass is 348 g/mol. The van der Waals surface area contributed by atoms with Crippen molar-refractivity contribution in [2.45, 2.75) is 59.5 Å². The predicted octanol–water partition coefficient (Wildman–Crippen LogP) is 2.69. The second-order valence-electron chi connectivity index (χ2n) is 8.45. The summed E-state index contributed by atoms with van der Waals surface area (Å²) in [5.41, 5.74) is 1.57. The largest absolute Gasteiger partial charge is 0.387 e. The average Bonchev–Trinajstić information content (AvgIpc) is 2.50. The van der Waals surface area contributed by atoms with Gasteiger partial charge < -0.3 is 15.7 Å². The van der Waals surface area contributed by atoms with Gasteiger partial charge in [0.2, 0.25) is 11.8 Å². The third kappa shape index (κ3) is 7.26. The van der Waals surface area contributed by atoms with E-state index < -0.39 is 11.5 Å². The van der Waals surface area contributed by atoms with Gasteiger partial charge >= 0.3 is 0 Å². The SMILES string of the molecule is CC(C)(C)C(=O)NCCC(=O)NCC(O)c1ccc(C(C)(C)C)cc1. The molecule has 25 heavy (non-hydrogen) atoms. The molecule has 0 aliphatic rings. The van der Waals surface area contributed by atoms with Crippen LogP contribution in [0, 0.1) is 5.41 Å². The molecule has 0 aliphatic heterocycles. The lowest BCUT2D eigenvalue weighted by Crippen LogP contribution is -2.37. The Morgan fingerprint density at radius 1 is 1.00 bits per heavy atom. The van der Waals surface area contributed by atoms with Gasteiger partial charge in [0.05, 0.1) is 6.10 Å². The van der Waals surface area contributed by atoms with Crippen molar-refractivity contribution in [2.75, 3.05) is 13.1 Å². The summed E-state index contributed by atoms with van der Waals surface area (Å²) in [6.07, 6.45) is -0.556. The van der Waals surface area contributed by atoms with Crippen molar-refractivity contribution in [1.82, 2.24) is 10.6 Å². The molecule has 140 valence electrons. The molecule has 0 spiro atoms. The van der Waals surface area contributed by atoms with Gasteiger partial charge in [-0.3, -0.25) is 9.59 Å². The van der Waals surface area contributed by atoms with E-state index in [9.17, 15) is 14.7 Å². The molecular formula is C20H32N2O3. The van der Waals surface area contributed by atoms with Crippen LogP contribution in [0.25, 0.3) is 0 Å². The number of rotatable bonds is 6. The second kappa shape index (κ2) is 8.48. The lowest BCUT2D eigenvalue weighted by Gasteiger charge is -2.20. The third-order valence-corrected chi connectivity index (χ3v) is 3.97. The first-order valence-electron chi connectivity index (χ1n) is 8.75. The predicted molar refractivity (Wildman–Crippen MR) is 100 cm³/mol. The van der Waals surface area contributed by atoms with Crippen LogP contribution in [0.15, 0.2) is 24.3 Å². The van der Waals surface area contributed by atoms with Crippen LogP contribution in [0.2, 0.25) is 0 Å². The van der Waals surface area contributed by atoms with Gasteiger partial charge in [-0.25, -0.2) is 0 Å². The van der Waals surface area contributed by atoms with Gasteiger partial charge in [-0.15, -0.1) is 0 Å². The maximum atomic E-state index is 11.8. The van der Waals surface area contributed by atoms with Crippen molar-refractivity contribution < 1.29 is 14.7 Å². The van der Waals surface area contributed by atoms with Crippen molar-refractivity contribution in [2.24, 2.45) is 5.41 Å². The molecule has 1 aromatic carbocycles. The van der Waals surface area contributed by atoms with Gasteiger partial charge in [-0.05, 0) is 16.5 Å². The lowest BCUT2D eigenvalue weighted by atomic mass is 9.86. The quantitative estimate of drug-likeness (QED) is 0.739. The molecule has 0 radical (unpaired) electrons. The highest BCUT2D eigenvalue weighted by Gasteiger charge is 2.20. The van der Waals surface area contributed by atoms with E-state index in [0.717, 1.165) is 5.56 Å². The Hall–Kier alpha value is -1.88. The highest BCUT2D eigenvalue weighted by molar-refractivity contribution is 5.82. The minimum atomic E-state index is -0.748. The number of carbonyl (C=O) groups is 2. The summed E-state index contributed by atoms with van der Waals surface area (Å²) < 4.78 is 0. The number of nitrogens with one attached hydrogen (secondary N) is 2. The summed E-state index contributed by atoms with van der Waals surface area (Å²) in [6, 6.07) is 7.78. The normalized spacial score (nSPS) is 13.2. The Morgan fingerprint density at radius 2 is 1.56 bits per heavy atom. The van der Waals surface area contributed by atoms with Crippen molar-refractivity contribution in [3.63, 3.8) is 0 Å². The molecule has 0 bridgehead atoms. The molecule has 0 heterocycles. The highest BCUT2D eigenvalue weighted by atomic mass is 16.3. The molecule has 0 fully saturated rings. The van der Waals surface area contributed by atoms with Gasteiger partial charge in [0.15, 0.2) is 0 Å². The second-order valence-corrected chi connectivity index (χ2v) is 8.45. The Balaban J connectivity index is 2.39. The summed E-state index contributed by atoms with van der Waals surface area (Å²) in [7, 11) is 0. The number of aliphatic hydroxyl groups excluding tert-OH is 1. The molecule has 0 aromatic heterocycles. The first kappa shape index (κ1) is 21.2. The fourth-order valence-electron chi connectivity index (χ4n) is 2.18. The number of aliphatic hydroxyl groups is 1. The van der Waals surface area contributed by atoms with Gasteiger partial charge in [-0.2, -0.15) is 0 Å². The van der Waals surface area contributed by atoms with Crippen LogP contribution < -0.4 is 10.6 Å². The van der Waals surface area contributed by atoms with Crippen LogP contribution >= 0.6 is 0 Å². The minimum Gasteiger partial charge on any atom is -0.387 e. The number of amides is 2. The van der Waals surface area contributed by atoms with Crippen LogP contribution in [0.1, 0.15) is 65.2 Å². The van der Waals surface area contributed by atoms with E-state index in [0.29, 0.717) is 0 Å². The summed E-state index contributed by atoms with van der Waals surface area (Å²) in [5, 5.41) is 15.6. The van der Waals surface area contributed by atoms with Gasteiger partial charge in [0, 0.05) is 24.9 Å². The maximum absolute atomic E-state index is 11.8. The first-order chi connectivity index (χ1) is 11.4. The molecule has 0 saturated heterocycles. The molecule has 5 nitrogen and oxygen atoms in total. The molecular weight excluding hydrogens is 316 g/mol. The summed E-state index contributed by atoms with van der Waals surface area (Å²) in [6.45, 7) is 12.3. The average molecular weight is 348 g/mol. The summed E-state index contributed by atoms with van der Waals surface area (Å²) >= 11 is 0. The molecule has 1 aromatic rings. The zero-order valence-corrected chi connectivity index (χ0v) is 16.3. The van der Waals surface area contributed by atoms with Crippen LogP contribution in [-0.2, 0) is 15.0 Å². The van der Waals surface area contributed by atoms with Crippen LogP contribution in [0.5, 0.6) is 0 Å². The van der Waals surface area contributed by atoms with Crippen molar-refractivity contribution in [1.29, 1.82) is 0 Å². The van der Waals surface area contributed by atoms with E-state index in [2.05, 4.69) is 31.4 Å². The molecule has 3 N–H and O–H groups in total. The summed E-state index contributed by atoms with van der Waals surface area (Å²) in [5.74, 6) is -0.279. The Kier molecular flexibility index (Phi) is 7.17. The van der Waals surface area contributed by atoms with E-state index >= 15 is 0 Å². The molecule has 0 aliphatic carbocycles. The molecule has 0 saturated carbocycles. The van der Waals surface area contributed by atoms with E-state index in [1.54, 1.807) is 0 Å². The fraction of sp³-hybridized carbons (Fsp3) is 0.600. The van der Waals surface area contributed by atoms with Crippen molar-refractivity contribution >= 4 is 11.8 Å². The van der Waals surface area contributed by atoms with Crippen molar-refractivity contribution in [3.8, 4) is 0 Å². The number of hydrogen-bond donors (Lipinski definition) is 3. The lowest BCUT2D eigenvalue weighted by molar-refractivity contribution is -0.128. The molecule has 1 rings (SSSR count). The Labute approximate surface area is 151 Å². The molecule has 1 unspecified atom stereocenters. The minimum absolute atomic E-state index is 0.0647. The van der Waals surface area contributed by atoms with Gasteiger partial charge in [-0.1, -0.05) is 65.8 Å². The van der Waals surface area contributed by atoms with Gasteiger partial charge in [0.25, 0.3) is 0 Å². The third-order valence-electron chi connectivity index (χ3n) is 3.97. The smallest absolute Gasteiger partial charge is 0.225 e. The van der Waals surface area contributed by atoms with Crippen LogP contribution in [-0.4, -0.2) is 30.0 Å². The Bertz CT molecular complexity index is 580. The number of carbonyl (C=O) groups excluding carboxylic acids is 2. The van der Waals surface area contributed by atoms with E-state index in [4.69, 9.17) is 0 Å². The topological polar surface area (TPSA) is 78.4 Å². The zero-order valence-electron chi connectivity index (χ0n) is 16.3. The van der Waals surface area contributed by atoms with Crippen molar-refractivity contribution in [3.05, 3.63) is 35.4 Å². The summed E-state index contributed by atoms with van der Waals surface area (Å²) in [4.78, 5) is 23.5. The van der Waals surface area contributed by atoms with E-state index in [1.165, 1.54) is 5.56 Å². The van der Waals surface area contributed by atoms with Crippen LogP contribution in [0.4, 0.5) is 0 Å². The maximum Gasteiger partial charge on any atom is 0.225 e. The fourth-order valence-corrected chi connectivity index (χ4v) is 2.18. The number of benzene rings is 1.